The highest BCUT2D eigenvalue weighted by Gasteiger charge is 2.28. The molecule has 0 saturated carbocycles. The highest BCUT2D eigenvalue weighted by molar-refractivity contribution is 6.39. The molecule has 12 nitrogen and oxygen atoms in total. The van der Waals surface area contributed by atoms with Crippen LogP contribution in [0.5, 0.6) is 0 Å². The molecule has 220 valence electrons. The average molecular weight is 595 g/mol. The Kier molecular flexibility index (Phi) is 8.50. The van der Waals surface area contributed by atoms with Crippen molar-refractivity contribution >= 4 is 45.9 Å². The van der Waals surface area contributed by atoms with Crippen molar-refractivity contribution in [3.8, 4) is 11.5 Å². The molecule has 0 radical (unpaired) electrons. The van der Waals surface area contributed by atoms with Gasteiger partial charge in [-0.05, 0) is 25.1 Å². The van der Waals surface area contributed by atoms with E-state index in [-0.39, 0.29) is 22.5 Å². The van der Waals surface area contributed by atoms with Crippen LogP contribution < -0.4 is 10.6 Å². The number of nitrogens with two attached hydrogens (primary N) is 1. The maximum Gasteiger partial charge on any atom is 0.356 e. The van der Waals surface area contributed by atoms with Gasteiger partial charge in [-0.1, -0.05) is 31.5 Å². The van der Waals surface area contributed by atoms with Gasteiger partial charge in [0.1, 0.15) is 17.0 Å². The molecular formula is C28H32ClFN10O2. The van der Waals surface area contributed by atoms with Gasteiger partial charge in [-0.2, -0.15) is 9.50 Å². The number of fused-ring (bicyclic) bond motifs is 3. The minimum Gasteiger partial charge on any atom is -0.464 e. The van der Waals surface area contributed by atoms with Gasteiger partial charge in [0, 0.05) is 51.2 Å². The number of esters is 1. The van der Waals surface area contributed by atoms with E-state index in [1.807, 2.05) is 31.7 Å². The molecule has 0 aromatic carbocycles. The molecule has 42 heavy (non-hydrogen) atoms. The van der Waals surface area contributed by atoms with Crippen LogP contribution in [-0.2, 0) is 11.3 Å². The molecule has 14 heteroatoms. The number of hydrogen-bond donors (Lipinski definition) is 1. The zero-order valence-electron chi connectivity index (χ0n) is 23.9. The number of methoxy groups -OCH3 is 1. The van der Waals surface area contributed by atoms with Crippen molar-refractivity contribution in [2.75, 3.05) is 50.5 Å². The fourth-order valence-corrected chi connectivity index (χ4v) is 5.37. The van der Waals surface area contributed by atoms with Crippen molar-refractivity contribution in [3.05, 3.63) is 58.9 Å². The highest BCUT2D eigenvalue weighted by atomic mass is 35.5. The molecule has 5 aromatic rings. The third-order valence-electron chi connectivity index (χ3n) is 7.04. The van der Waals surface area contributed by atoms with E-state index in [1.165, 1.54) is 17.8 Å². The summed E-state index contributed by atoms with van der Waals surface area (Å²) in [5, 5.41) is 5.07. The molecule has 5 aromatic heterocycles. The van der Waals surface area contributed by atoms with Gasteiger partial charge in [0.2, 0.25) is 11.8 Å². The van der Waals surface area contributed by atoms with E-state index in [1.54, 1.807) is 29.0 Å². The Labute approximate surface area is 246 Å². The third-order valence-corrected chi connectivity index (χ3v) is 7.41. The summed E-state index contributed by atoms with van der Waals surface area (Å²) in [5.74, 6) is -0.488. The summed E-state index contributed by atoms with van der Waals surface area (Å²) < 4.78 is 22.5. The number of nitrogen functional groups attached to an aromatic ring is 1. The Bertz CT molecular complexity index is 1730. The standard InChI is InChI=1S/C26H26ClFN10O2.C2H6/c1-15-13-18(16(28)14-31-15)36-10-7-35(8-11-36)9-12-37-21(25(39)40-2)20(27)19-23(37)33-26(29)38-24(19)32-22(34-38)17-5-3-4-6-30-17;1-2/h3-6,13-14H,7-12H2,1-2H3,(H2,29,33);1-2H3. The Morgan fingerprint density at radius 2 is 1.86 bits per heavy atom. The number of aromatic nitrogens is 7. The molecule has 1 saturated heterocycles. The first-order valence-electron chi connectivity index (χ1n) is 13.7. The molecule has 1 aliphatic rings. The Balaban J connectivity index is 0.00000173. The van der Waals surface area contributed by atoms with E-state index in [9.17, 15) is 9.18 Å². The summed E-state index contributed by atoms with van der Waals surface area (Å²) in [6.07, 6.45) is 2.90. The number of aryl methyl sites for hydroxylation is 1. The molecular weight excluding hydrogens is 563 g/mol. The predicted molar refractivity (Wildman–Crippen MR) is 159 cm³/mol. The number of carbonyl (C=O) groups is 1. The largest absolute Gasteiger partial charge is 0.464 e. The van der Waals surface area contributed by atoms with Crippen molar-refractivity contribution in [2.24, 2.45) is 0 Å². The summed E-state index contributed by atoms with van der Waals surface area (Å²) in [4.78, 5) is 34.7. The van der Waals surface area contributed by atoms with Gasteiger partial charge < -0.3 is 19.9 Å². The molecule has 0 bridgehead atoms. The number of halogens is 2. The SMILES string of the molecule is CC.COC(=O)c1c(Cl)c2c(nc(N)n3nc(-c4ccccn4)nc23)n1CCN1CCN(c2cc(C)ncc2F)CC1. The summed E-state index contributed by atoms with van der Waals surface area (Å²) in [7, 11) is 1.30. The Morgan fingerprint density at radius 3 is 2.55 bits per heavy atom. The summed E-state index contributed by atoms with van der Waals surface area (Å²) in [5.41, 5.74) is 9.11. The highest BCUT2D eigenvalue weighted by Crippen LogP contribution is 2.34. The maximum absolute atomic E-state index is 14.4. The number of pyridine rings is 2. The third kappa shape index (κ3) is 5.32. The second-order valence-electron chi connectivity index (χ2n) is 9.47. The van der Waals surface area contributed by atoms with Crippen LogP contribution in [0.4, 0.5) is 16.0 Å². The minimum absolute atomic E-state index is 0.0901. The van der Waals surface area contributed by atoms with Crippen molar-refractivity contribution in [3.63, 3.8) is 0 Å². The van der Waals surface area contributed by atoms with E-state index < -0.39 is 5.97 Å². The van der Waals surface area contributed by atoms with Gasteiger partial charge in [-0.3, -0.25) is 14.9 Å². The first-order chi connectivity index (χ1) is 20.4. The molecule has 0 atom stereocenters. The lowest BCUT2D eigenvalue weighted by atomic mass is 10.2. The summed E-state index contributed by atoms with van der Waals surface area (Å²) in [6.45, 7) is 9.54. The quantitative estimate of drug-likeness (QED) is 0.289. The van der Waals surface area contributed by atoms with E-state index in [2.05, 4.69) is 29.9 Å². The van der Waals surface area contributed by atoms with Gasteiger partial charge in [-0.15, -0.1) is 5.10 Å². The topological polar surface area (TPSA) is 133 Å². The Hall–Kier alpha value is -4.36. The second-order valence-corrected chi connectivity index (χ2v) is 9.84. The van der Waals surface area contributed by atoms with E-state index in [0.717, 1.165) is 5.69 Å². The van der Waals surface area contributed by atoms with Gasteiger partial charge >= 0.3 is 5.97 Å². The van der Waals surface area contributed by atoms with Gasteiger partial charge in [0.25, 0.3) is 0 Å². The van der Waals surface area contributed by atoms with Crippen molar-refractivity contribution in [1.29, 1.82) is 0 Å². The zero-order valence-corrected chi connectivity index (χ0v) is 24.6. The van der Waals surface area contributed by atoms with Crippen LogP contribution in [0.3, 0.4) is 0 Å². The molecule has 2 N–H and O–H groups in total. The molecule has 1 fully saturated rings. The minimum atomic E-state index is -0.600. The lowest BCUT2D eigenvalue weighted by Gasteiger charge is -2.36. The second kappa shape index (κ2) is 12.2. The zero-order chi connectivity index (χ0) is 30.0. The summed E-state index contributed by atoms with van der Waals surface area (Å²) in [6, 6.07) is 7.18. The number of anilines is 2. The fraction of sp³-hybridized carbons (Fsp3) is 0.357. The van der Waals surface area contributed by atoms with Crippen LogP contribution in [0.25, 0.3) is 28.2 Å². The molecule has 0 spiro atoms. The van der Waals surface area contributed by atoms with Crippen molar-refractivity contribution in [1.82, 2.24) is 39.0 Å². The number of hydrogen-bond acceptors (Lipinski definition) is 10. The first-order valence-corrected chi connectivity index (χ1v) is 14.1. The number of piperazine rings is 1. The molecule has 6 rings (SSSR count). The van der Waals surface area contributed by atoms with Crippen LogP contribution in [0.15, 0.2) is 36.7 Å². The van der Waals surface area contributed by atoms with Crippen molar-refractivity contribution < 1.29 is 13.9 Å². The summed E-state index contributed by atoms with van der Waals surface area (Å²) >= 11 is 6.80. The fourth-order valence-electron chi connectivity index (χ4n) is 5.02. The number of ether oxygens (including phenoxy) is 1. The molecule has 6 heterocycles. The lowest BCUT2D eigenvalue weighted by Crippen LogP contribution is -2.47. The number of rotatable bonds is 6. The molecule has 0 unspecified atom stereocenters. The molecule has 1 aliphatic heterocycles. The lowest BCUT2D eigenvalue weighted by molar-refractivity contribution is 0.0588. The number of nitrogens with zero attached hydrogens (tertiary/aromatic N) is 9. The van der Waals surface area contributed by atoms with Gasteiger partial charge in [0.05, 0.1) is 29.4 Å². The van der Waals surface area contributed by atoms with E-state index in [0.29, 0.717) is 73.2 Å². The average Bonchev–Trinajstić information content (AvgIpc) is 3.58. The van der Waals surface area contributed by atoms with E-state index >= 15 is 0 Å². The predicted octanol–water partition coefficient (Wildman–Crippen LogP) is 3.85. The van der Waals surface area contributed by atoms with Crippen LogP contribution in [0, 0.1) is 12.7 Å². The van der Waals surface area contributed by atoms with Crippen LogP contribution in [0.1, 0.15) is 30.0 Å². The smallest absolute Gasteiger partial charge is 0.356 e. The maximum atomic E-state index is 14.4. The van der Waals surface area contributed by atoms with Crippen LogP contribution >= 0.6 is 11.6 Å². The van der Waals surface area contributed by atoms with Crippen LogP contribution in [-0.4, -0.2) is 84.8 Å². The normalized spacial score (nSPS) is 13.8. The first kappa shape index (κ1) is 29.1. The monoisotopic (exact) mass is 594 g/mol. The Morgan fingerprint density at radius 1 is 1.10 bits per heavy atom. The van der Waals surface area contributed by atoms with Gasteiger partial charge in [0.15, 0.2) is 11.5 Å². The number of carbonyl (C=O) groups excluding carboxylic acids is 1. The van der Waals surface area contributed by atoms with Gasteiger partial charge in [-0.25, -0.2) is 14.2 Å². The molecule has 0 aliphatic carbocycles. The van der Waals surface area contributed by atoms with Crippen molar-refractivity contribution in [2.45, 2.75) is 27.3 Å². The van der Waals surface area contributed by atoms with E-state index in [4.69, 9.17) is 22.1 Å². The molecule has 0 amide bonds. The van der Waals surface area contributed by atoms with Crippen LogP contribution in [0.2, 0.25) is 5.02 Å².